The summed E-state index contributed by atoms with van der Waals surface area (Å²) in [4.78, 5) is 0. The van der Waals surface area contributed by atoms with Crippen LogP contribution < -0.4 is 5.32 Å². The highest BCUT2D eigenvalue weighted by molar-refractivity contribution is 5.25. The Morgan fingerprint density at radius 2 is 1.53 bits per heavy atom. The molecule has 0 bridgehead atoms. The lowest BCUT2D eigenvalue weighted by Crippen LogP contribution is -2.28. The predicted octanol–water partition coefficient (Wildman–Crippen LogP) is 3.69. The second-order valence-corrected chi connectivity index (χ2v) is 5.93. The molecule has 1 unspecified atom stereocenters. The fraction of sp³-hybridized carbons (Fsp3) is 0.625. The molecule has 2 aliphatic rings. The fourth-order valence-corrected chi connectivity index (χ4v) is 3.25. The molecule has 1 heteroatoms. The molecule has 2 fully saturated rings. The van der Waals surface area contributed by atoms with E-state index in [9.17, 15) is 0 Å². The second-order valence-electron chi connectivity index (χ2n) is 5.93. The van der Waals surface area contributed by atoms with E-state index in [-0.39, 0.29) is 0 Å². The first-order valence-electron chi connectivity index (χ1n) is 7.03. The number of benzene rings is 1. The number of nitrogens with one attached hydrogen (secondary N) is 1. The molecule has 0 amide bonds. The number of hydrogen-bond donors (Lipinski definition) is 1. The molecule has 1 atom stereocenters. The second kappa shape index (κ2) is 4.45. The van der Waals surface area contributed by atoms with Crippen LogP contribution in [-0.2, 0) is 0 Å². The molecule has 0 aromatic heterocycles. The summed E-state index contributed by atoms with van der Waals surface area (Å²) >= 11 is 0. The molecule has 2 aliphatic carbocycles. The van der Waals surface area contributed by atoms with Gasteiger partial charge < -0.3 is 5.32 Å². The van der Waals surface area contributed by atoms with Crippen LogP contribution in [0.1, 0.15) is 42.9 Å². The van der Waals surface area contributed by atoms with Crippen LogP contribution >= 0.6 is 0 Å². The Balaban J connectivity index is 1.83. The molecular weight excluding hydrogens is 206 g/mol. The van der Waals surface area contributed by atoms with Crippen LogP contribution in [0.15, 0.2) is 24.3 Å². The number of hydrogen-bond acceptors (Lipinski definition) is 1. The SMILES string of the molecule is CNC(c1ccc(C)cc1)C(C1CC1)C1CC1. The number of aryl methyl sites for hydroxylation is 1. The molecule has 17 heavy (non-hydrogen) atoms. The summed E-state index contributed by atoms with van der Waals surface area (Å²) in [5.74, 6) is 2.89. The first-order valence-corrected chi connectivity index (χ1v) is 7.03. The smallest absolute Gasteiger partial charge is 0.0351 e. The average Bonchev–Trinajstić information content (AvgIpc) is 3.20. The minimum Gasteiger partial charge on any atom is -0.313 e. The van der Waals surface area contributed by atoms with Crippen LogP contribution in [-0.4, -0.2) is 7.05 Å². The van der Waals surface area contributed by atoms with Crippen molar-refractivity contribution in [3.8, 4) is 0 Å². The van der Waals surface area contributed by atoms with Gasteiger partial charge in [0.2, 0.25) is 0 Å². The van der Waals surface area contributed by atoms with E-state index in [4.69, 9.17) is 0 Å². The van der Waals surface area contributed by atoms with E-state index < -0.39 is 0 Å². The van der Waals surface area contributed by atoms with Crippen molar-refractivity contribution in [2.24, 2.45) is 17.8 Å². The maximum absolute atomic E-state index is 3.58. The van der Waals surface area contributed by atoms with Crippen molar-refractivity contribution >= 4 is 0 Å². The Labute approximate surface area is 105 Å². The summed E-state index contributed by atoms with van der Waals surface area (Å²) in [7, 11) is 2.13. The van der Waals surface area contributed by atoms with Crippen LogP contribution in [0, 0.1) is 24.7 Å². The summed E-state index contributed by atoms with van der Waals surface area (Å²) < 4.78 is 0. The molecule has 0 aliphatic heterocycles. The minimum atomic E-state index is 0.579. The van der Waals surface area contributed by atoms with Gasteiger partial charge in [-0.2, -0.15) is 0 Å². The standard InChI is InChI=1S/C16H23N/c1-11-3-5-14(6-4-11)16(17-2)15(12-7-8-12)13-9-10-13/h3-6,12-13,15-17H,7-10H2,1-2H3. The van der Waals surface area contributed by atoms with Crippen molar-refractivity contribution in [3.05, 3.63) is 35.4 Å². The van der Waals surface area contributed by atoms with Gasteiger partial charge in [-0.15, -0.1) is 0 Å². The van der Waals surface area contributed by atoms with Crippen molar-refractivity contribution in [1.82, 2.24) is 5.32 Å². The topological polar surface area (TPSA) is 12.0 Å². The highest BCUT2D eigenvalue weighted by atomic mass is 14.9. The molecular formula is C16H23N. The molecule has 1 aromatic rings. The van der Waals surface area contributed by atoms with E-state index in [0.29, 0.717) is 6.04 Å². The third-order valence-corrected chi connectivity index (χ3v) is 4.47. The zero-order valence-corrected chi connectivity index (χ0v) is 10.9. The van der Waals surface area contributed by atoms with Crippen LogP contribution in [0.5, 0.6) is 0 Å². The molecule has 92 valence electrons. The lowest BCUT2D eigenvalue weighted by Gasteiger charge is -2.27. The Bertz CT molecular complexity index is 361. The van der Waals surface area contributed by atoms with Gasteiger partial charge in [0.05, 0.1) is 0 Å². The summed E-state index contributed by atoms with van der Waals surface area (Å²) in [6.07, 6.45) is 5.85. The van der Waals surface area contributed by atoms with Crippen LogP contribution in [0.25, 0.3) is 0 Å². The Morgan fingerprint density at radius 1 is 1.00 bits per heavy atom. The molecule has 0 saturated heterocycles. The van der Waals surface area contributed by atoms with Gasteiger partial charge in [0.25, 0.3) is 0 Å². The van der Waals surface area contributed by atoms with Crippen LogP contribution in [0.4, 0.5) is 0 Å². The molecule has 1 aromatic carbocycles. The Morgan fingerprint density at radius 3 is 1.94 bits per heavy atom. The van der Waals surface area contributed by atoms with E-state index in [1.807, 2.05) is 0 Å². The fourth-order valence-electron chi connectivity index (χ4n) is 3.25. The normalized spacial score (nSPS) is 21.8. The molecule has 0 spiro atoms. The largest absolute Gasteiger partial charge is 0.313 e. The van der Waals surface area contributed by atoms with E-state index in [1.165, 1.54) is 36.8 Å². The zero-order chi connectivity index (χ0) is 11.8. The van der Waals surface area contributed by atoms with Gasteiger partial charge >= 0.3 is 0 Å². The quantitative estimate of drug-likeness (QED) is 0.812. The van der Waals surface area contributed by atoms with Gasteiger partial charge in [-0.1, -0.05) is 29.8 Å². The van der Waals surface area contributed by atoms with Crippen molar-refractivity contribution in [3.63, 3.8) is 0 Å². The maximum Gasteiger partial charge on any atom is 0.0351 e. The maximum atomic E-state index is 3.58. The molecule has 0 radical (unpaired) electrons. The van der Waals surface area contributed by atoms with Gasteiger partial charge in [-0.3, -0.25) is 0 Å². The molecule has 0 heterocycles. The number of rotatable bonds is 5. The van der Waals surface area contributed by atoms with Crippen molar-refractivity contribution < 1.29 is 0 Å². The Hall–Kier alpha value is -0.820. The van der Waals surface area contributed by atoms with Crippen LogP contribution in [0.3, 0.4) is 0 Å². The lowest BCUT2D eigenvalue weighted by atomic mass is 9.85. The third kappa shape index (κ3) is 2.40. The van der Waals surface area contributed by atoms with Crippen molar-refractivity contribution in [1.29, 1.82) is 0 Å². The summed E-state index contributed by atoms with van der Waals surface area (Å²) in [5, 5.41) is 3.58. The summed E-state index contributed by atoms with van der Waals surface area (Å²) in [5.41, 5.74) is 2.85. The van der Waals surface area contributed by atoms with Gasteiger partial charge in [0.15, 0.2) is 0 Å². The first-order chi connectivity index (χ1) is 8.29. The van der Waals surface area contributed by atoms with Gasteiger partial charge in [0.1, 0.15) is 0 Å². The Kier molecular flexibility index (Phi) is 2.96. The highest BCUT2D eigenvalue weighted by Crippen LogP contribution is 2.53. The van der Waals surface area contributed by atoms with E-state index in [0.717, 1.165) is 17.8 Å². The van der Waals surface area contributed by atoms with E-state index in [2.05, 4.69) is 43.6 Å². The molecule has 1 N–H and O–H groups in total. The summed E-state index contributed by atoms with van der Waals surface area (Å²) in [6.45, 7) is 2.16. The van der Waals surface area contributed by atoms with Crippen molar-refractivity contribution in [2.75, 3.05) is 7.05 Å². The van der Waals surface area contributed by atoms with Gasteiger partial charge in [-0.25, -0.2) is 0 Å². The lowest BCUT2D eigenvalue weighted by molar-refractivity contribution is 0.300. The minimum absolute atomic E-state index is 0.579. The molecule has 3 rings (SSSR count). The third-order valence-electron chi connectivity index (χ3n) is 4.47. The summed E-state index contributed by atoms with van der Waals surface area (Å²) in [6, 6.07) is 9.70. The highest BCUT2D eigenvalue weighted by Gasteiger charge is 2.45. The van der Waals surface area contributed by atoms with Gasteiger partial charge in [-0.05, 0) is 63.0 Å². The van der Waals surface area contributed by atoms with Crippen LogP contribution in [0.2, 0.25) is 0 Å². The molecule has 2 saturated carbocycles. The first kappa shape index (κ1) is 11.3. The predicted molar refractivity (Wildman–Crippen MR) is 71.9 cm³/mol. The van der Waals surface area contributed by atoms with E-state index >= 15 is 0 Å². The monoisotopic (exact) mass is 229 g/mol. The average molecular weight is 229 g/mol. The molecule has 1 nitrogen and oxygen atoms in total. The van der Waals surface area contributed by atoms with E-state index in [1.54, 1.807) is 0 Å². The van der Waals surface area contributed by atoms with Gasteiger partial charge in [0, 0.05) is 6.04 Å². The zero-order valence-electron chi connectivity index (χ0n) is 10.9. The van der Waals surface area contributed by atoms with Crippen molar-refractivity contribution in [2.45, 2.75) is 38.6 Å².